The first-order chi connectivity index (χ1) is 6.81. The number of nitrogens with one attached hydrogen (secondary N) is 1. The number of unbranched alkanes of at least 4 members (excludes halogenated alkanes) is 4. The van der Waals surface area contributed by atoms with Crippen molar-refractivity contribution in [1.82, 2.24) is 5.32 Å². The van der Waals surface area contributed by atoms with Crippen LogP contribution < -0.4 is 5.32 Å². The average Bonchev–Trinajstić information content (AvgIpc) is 2.20. The van der Waals surface area contributed by atoms with Crippen molar-refractivity contribution in [1.29, 1.82) is 0 Å². The van der Waals surface area contributed by atoms with Crippen LogP contribution in [0.3, 0.4) is 0 Å². The summed E-state index contributed by atoms with van der Waals surface area (Å²) in [7, 11) is 0. The van der Waals surface area contributed by atoms with Crippen LogP contribution in [0.5, 0.6) is 0 Å². The second kappa shape index (κ2) is 9.91. The molecule has 0 aromatic rings. The summed E-state index contributed by atoms with van der Waals surface area (Å²) in [5.74, 6) is 2.30. The lowest BCUT2D eigenvalue weighted by Crippen LogP contribution is -2.24. The van der Waals surface area contributed by atoms with Crippen molar-refractivity contribution in [3.63, 3.8) is 0 Å². The van der Waals surface area contributed by atoms with Crippen molar-refractivity contribution < 1.29 is 9.53 Å². The van der Waals surface area contributed by atoms with Crippen LogP contribution in [-0.4, -0.2) is 19.2 Å². The third-order valence-corrected chi connectivity index (χ3v) is 1.82. The van der Waals surface area contributed by atoms with Gasteiger partial charge in [0, 0.05) is 0 Å². The van der Waals surface area contributed by atoms with Crippen LogP contribution in [-0.2, 0) is 4.74 Å². The number of rotatable bonds is 7. The number of terminal acetylenes is 1. The van der Waals surface area contributed by atoms with E-state index in [2.05, 4.69) is 18.2 Å². The van der Waals surface area contributed by atoms with Gasteiger partial charge in [0.05, 0.1) is 13.2 Å². The van der Waals surface area contributed by atoms with Gasteiger partial charge in [-0.1, -0.05) is 38.5 Å². The van der Waals surface area contributed by atoms with Gasteiger partial charge in [-0.2, -0.15) is 0 Å². The average molecular weight is 197 g/mol. The maximum Gasteiger partial charge on any atom is 0.407 e. The van der Waals surface area contributed by atoms with E-state index in [-0.39, 0.29) is 6.54 Å². The first-order valence-corrected chi connectivity index (χ1v) is 5.15. The fraction of sp³-hybridized carbons (Fsp3) is 0.727. The minimum Gasteiger partial charge on any atom is -0.450 e. The topological polar surface area (TPSA) is 38.3 Å². The Morgan fingerprint density at radius 3 is 2.71 bits per heavy atom. The van der Waals surface area contributed by atoms with Crippen LogP contribution >= 0.6 is 0 Å². The van der Waals surface area contributed by atoms with E-state index in [1.54, 1.807) is 0 Å². The zero-order chi connectivity index (χ0) is 10.6. The predicted molar refractivity (Wildman–Crippen MR) is 56.9 cm³/mol. The highest BCUT2D eigenvalue weighted by Crippen LogP contribution is 2.02. The molecule has 1 N–H and O–H groups in total. The van der Waals surface area contributed by atoms with E-state index in [4.69, 9.17) is 11.2 Å². The van der Waals surface area contributed by atoms with Gasteiger partial charge in [0.15, 0.2) is 0 Å². The molecule has 0 heterocycles. The minimum absolute atomic E-state index is 0.231. The molecule has 0 rings (SSSR count). The Kier molecular flexibility index (Phi) is 9.09. The standard InChI is InChI=1S/C11H19NO2/c1-3-5-6-7-8-10-14-11(13)12-9-4-2/h2H,3,5-10H2,1H3,(H,12,13). The Balaban J connectivity index is 3.11. The molecule has 3 heteroatoms. The summed E-state index contributed by atoms with van der Waals surface area (Å²) in [6.45, 7) is 2.89. The van der Waals surface area contributed by atoms with Gasteiger partial charge in [-0.25, -0.2) is 4.79 Å². The Morgan fingerprint density at radius 1 is 1.36 bits per heavy atom. The molecule has 0 aromatic carbocycles. The zero-order valence-electron chi connectivity index (χ0n) is 8.84. The summed E-state index contributed by atoms with van der Waals surface area (Å²) in [6, 6.07) is 0. The molecule has 80 valence electrons. The quantitative estimate of drug-likeness (QED) is 0.502. The number of alkyl carbamates (subject to hydrolysis) is 1. The molecular weight excluding hydrogens is 178 g/mol. The molecule has 0 aromatic heterocycles. The maximum atomic E-state index is 10.9. The summed E-state index contributed by atoms with van der Waals surface area (Å²) < 4.78 is 4.88. The highest BCUT2D eigenvalue weighted by Gasteiger charge is 1.98. The van der Waals surface area contributed by atoms with Gasteiger partial charge in [-0.15, -0.1) is 6.42 Å². The monoisotopic (exact) mass is 197 g/mol. The van der Waals surface area contributed by atoms with Gasteiger partial charge in [0.25, 0.3) is 0 Å². The molecule has 0 aliphatic heterocycles. The molecule has 14 heavy (non-hydrogen) atoms. The molecule has 0 aliphatic carbocycles. The third kappa shape index (κ3) is 8.92. The largest absolute Gasteiger partial charge is 0.450 e. The summed E-state index contributed by atoms with van der Waals surface area (Å²) in [4.78, 5) is 10.9. The van der Waals surface area contributed by atoms with Gasteiger partial charge >= 0.3 is 6.09 Å². The SMILES string of the molecule is C#CCNC(=O)OCCCCCCC. The molecule has 0 aliphatic rings. The van der Waals surface area contributed by atoms with Crippen molar-refractivity contribution in [2.75, 3.05) is 13.2 Å². The van der Waals surface area contributed by atoms with Crippen LogP contribution in [0.25, 0.3) is 0 Å². The Labute approximate surface area is 86.2 Å². The maximum absolute atomic E-state index is 10.9. The van der Waals surface area contributed by atoms with Crippen molar-refractivity contribution in [3.05, 3.63) is 0 Å². The van der Waals surface area contributed by atoms with Gasteiger partial charge in [-0.05, 0) is 6.42 Å². The zero-order valence-corrected chi connectivity index (χ0v) is 8.84. The highest BCUT2D eigenvalue weighted by atomic mass is 16.5. The molecule has 0 saturated carbocycles. The first kappa shape index (κ1) is 12.8. The summed E-state index contributed by atoms with van der Waals surface area (Å²) >= 11 is 0. The Bertz CT molecular complexity index is 184. The first-order valence-electron chi connectivity index (χ1n) is 5.15. The van der Waals surface area contributed by atoms with Crippen molar-refractivity contribution in [3.8, 4) is 12.3 Å². The molecular formula is C11H19NO2. The second-order valence-electron chi connectivity index (χ2n) is 3.11. The predicted octanol–water partition coefficient (Wildman–Crippen LogP) is 2.32. The molecule has 3 nitrogen and oxygen atoms in total. The smallest absolute Gasteiger partial charge is 0.407 e. The summed E-state index contributed by atoms with van der Waals surface area (Å²) in [6.07, 6.45) is 10.3. The van der Waals surface area contributed by atoms with E-state index in [0.717, 1.165) is 12.8 Å². The molecule has 1 amide bonds. The number of hydrogen-bond acceptors (Lipinski definition) is 2. The van der Waals surface area contributed by atoms with Gasteiger partial charge in [0.1, 0.15) is 0 Å². The fourth-order valence-electron chi connectivity index (χ4n) is 1.04. The number of hydrogen-bond donors (Lipinski definition) is 1. The fourth-order valence-corrected chi connectivity index (χ4v) is 1.04. The second-order valence-corrected chi connectivity index (χ2v) is 3.11. The lowest BCUT2D eigenvalue weighted by molar-refractivity contribution is 0.145. The van der Waals surface area contributed by atoms with Crippen LogP contribution in [0.4, 0.5) is 4.79 Å². The lowest BCUT2D eigenvalue weighted by Gasteiger charge is -2.04. The van der Waals surface area contributed by atoms with Crippen LogP contribution in [0.2, 0.25) is 0 Å². The van der Waals surface area contributed by atoms with Gasteiger partial charge < -0.3 is 10.1 Å². The highest BCUT2D eigenvalue weighted by molar-refractivity contribution is 5.67. The van der Waals surface area contributed by atoms with Crippen LogP contribution in [0.1, 0.15) is 39.0 Å². The molecule has 0 atom stereocenters. The number of ether oxygens (including phenoxy) is 1. The van der Waals surface area contributed by atoms with Crippen LogP contribution in [0, 0.1) is 12.3 Å². The van der Waals surface area contributed by atoms with E-state index in [0.29, 0.717) is 6.61 Å². The van der Waals surface area contributed by atoms with Crippen molar-refractivity contribution in [2.45, 2.75) is 39.0 Å². The number of carbonyl (C=O) groups excluding carboxylic acids is 1. The van der Waals surface area contributed by atoms with E-state index in [1.165, 1.54) is 19.3 Å². The lowest BCUT2D eigenvalue weighted by atomic mass is 10.2. The van der Waals surface area contributed by atoms with Crippen molar-refractivity contribution in [2.24, 2.45) is 0 Å². The Morgan fingerprint density at radius 2 is 2.07 bits per heavy atom. The van der Waals surface area contributed by atoms with Crippen molar-refractivity contribution >= 4 is 6.09 Å². The summed E-state index contributed by atoms with van der Waals surface area (Å²) in [5, 5.41) is 2.44. The van der Waals surface area contributed by atoms with E-state index < -0.39 is 6.09 Å². The number of carbonyl (C=O) groups is 1. The molecule has 0 spiro atoms. The molecule has 0 bridgehead atoms. The van der Waals surface area contributed by atoms with Gasteiger partial charge in [0.2, 0.25) is 0 Å². The number of amides is 1. The molecule has 0 saturated heterocycles. The summed E-state index contributed by atoms with van der Waals surface area (Å²) in [5.41, 5.74) is 0. The Hall–Kier alpha value is -1.17. The molecule has 0 fully saturated rings. The molecule has 0 unspecified atom stereocenters. The normalized spacial score (nSPS) is 9.14. The van der Waals surface area contributed by atoms with E-state index >= 15 is 0 Å². The molecule has 0 radical (unpaired) electrons. The third-order valence-electron chi connectivity index (χ3n) is 1.82. The minimum atomic E-state index is -0.418. The van der Waals surface area contributed by atoms with E-state index in [9.17, 15) is 4.79 Å². The van der Waals surface area contributed by atoms with Crippen LogP contribution in [0.15, 0.2) is 0 Å². The van der Waals surface area contributed by atoms with E-state index in [1.807, 2.05) is 0 Å². The van der Waals surface area contributed by atoms with Gasteiger partial charge in [-0.3, -0.25) is 0 Å².